The molecule has 0 spiro atoms. The van der Waals surface area contributed by atoms with Gasteiger partial charge in [0.2, 0.25) is 5.91 Å². The average molecular weight is 490 g/mol. The Balaban J connectivity index is 1.35. The fraction of sp³-hybridized carbons (Fsp3) is 0.450. The number of nitrogens with one attached hydrogen (secondary N) is 2. The van der Waals surface area contributed by atoms with Crippen molar-refractivity contribution in [1.82, 2.24) is 20.1 Å². The number of H-pyrrole nitrogens is 1. The van der Waals surface area contributed by atoms with Gasteiger partial charge in [0.05, 0.1) is 37.1 Å². The van der Waals surface area contributed by atoms with Crippen LogP contribution in [0.5, 0.6) is 0 Å². The van der Waals surface area contributed by atoms with Gasteiger partial charge in [-0.3, -0.25) is 9.59 Å². The second-order valence-corrected chi connectivity index (χ2v) is 7.97. The van der Waals surface area contributed by atoms with Gasteiger partial charge in [0.15, 0.2) is 0 Å². The van der Waals surface area contributed by atoms with E-state index in [1.165, 1.54) is 6.20 Å². The minimum Gasteiger partial charge on any atom is -0.379 e. The Labute approximate surface area is 188 Å². The van der Waals surface area contributed by atoms with Gasteiger partial charge in [-0.2, -0.15) is 10.4 Å². The Morgan fingerprint density at radius 3 is 2.81 bits per heavy atom. The molecule has 0 aromatic carbocycles. The zero-order valence-electron chi connectivity index (χ0n) is 17.2. The lowest BCUT2D eigenvalue weighted by atomic mass is 10.2. The minimum atomic E-state index is -0.307. The van der Waals surface area contributed by atoms with E-state index in [4.69, 9.17) is 10.00 Å². The highest BCUT2D eigenvalue weighted by Crippen LogP contribution is 2.17. The standard InChI is InChI=1S/C20H24BrN7O3/c1-14(25-16-12-24-26-20(30)19(16)21)13-31-9-4-18(29)28-7-5-27(6-8-28)17-3-2-15(10-22)11-23-17/h2-3,11-12,14H,4-9,13H2,1H3,(H2,25,26,30)/t14-/m0/s1. The second kappa shape index (κ2) is 10.9. The highest BCUT2D eigenvalue weighted by molar-refractivity contribution is 9.10. The van der Waals surface area contributed by atoms with Crippen LogP contribution in [0.1, 0.15) is 18.9 Å². The molecule has 0 saturated carbocycles. The molecule has 3 heterocycles. The number of amides is 1. The van der Waals surface area contributed by atoms with E-state index >= 15 is 0 Å². The number of aromatic nitrogens is 3. The van der Waals surface area contributed by atoms with Crippen LogP contribution in [0.2, 0.25) is 0 Å². The van der Waals surface area contributed by atoms with E-state index in [9.17, 15) is 9.59 Å². The third-order valence-corrected chi connectivity index (χ3v) is 5.65. The zero-order valence-corrected chi connectivity index (χ0v) is 18.8. The summed E-state index contributed by atoms with van der Waals surface area (Å²) in [6, 6.07) is 5.58. The fourth-order valence-corrected chi connectivity index (χ4v) is 3.50. The maximum Gasteiger partial charge on any atom is 0.280 e. The zero-order chi connectivity index (χ0) is 22.2. The van der Waals surface area contributed by atoms with Crippen LogP contribution in [0.25, 0.3) is 0 Å². The van der Waals surface area contributed by atoms with E-state index in [0.29, 0.717) is 61.5 Å². The largest absolute Gasteiger partial charge is 0.379 e. The first kappa shape index (κ1) is 22.7. The third-order valence-electron chi connectivity index (χ3n) is 4.86. The van der Waals surface area contributed by atoms with E-state index in [0.717, 1.165) is 5.82 Å². The molecular weight excluding hydrogens is 466 g/mol. The van der Waals surface area contributed by atoms with Crippen LogP contribution in [0, 0.1) is 11.3 Å². The van der Waals surface area contributed by atoms with Gasteiger partial charge < -0.3 is 19.9 Å². The fourth-order valence-electron chi connectivity index (χ4n) is 3.19. The molecule has 0 unspecified atom stereocenters. The van der Waals surface area contributed by atoms with Gasteiger partial charge in [0, 0.05) is 38.4 Å². The third kappa shape index (κ3) is 6.26. The van der Waals surface area contributed by atoms with Crippen molar-refractivity contribution in [3.05, 3.63) is 44.9 Å². The number of ether oxygens (including phenoxy) is 1. The summed E-state index contributed by atoms with van der Waals surface area (Å²) < 4.78 is 6.02. The molecule has 2 N–H and O–H groups in total. The lowest BCUT2D eigenvalue weighted by Crippen LogP contribution is -2.49. The summed E-state index contributed by atoms with van der Waals surface area (Å²) in [5, 5.41) is 18.1. The van der Waals surface area contributed by atoms with Crippen molar-refractivity contribution >= 4 is 33.3 Å². The predicted molar refractivity (Wildman–Crippen MR) is 119 cm³/mol. The number of anilines is 2. The molecule has 10 nitrogen and oxygen atoms in total. The molecule has 2 aromatic rings. The molecule has 2 aromatic heterocycles. The van der Waals surface area contributed by atoms with E-state index < -0.39 is 0 Å². The smallest absolute Gasteiger partial charge is 0.280 e. The minimum absolute atomic E-state index is 0.0570. The Hall–Kier alpha value is -2.97. The molecule has 1 aliphatic heterocycles. The van der Waals surface area contributed by atoms with Crippen molar-refractivity contribution < 1.29 is 9.53 Å². The predicted octanol–water partition coefficient (Wildman–Crippen LogP) is 1.35. The summed E-state index contributed by atoms with van der Waals surface area (Å²) in [7, 11) is 0. The molecule has 0 aliphatic carbocycles. The molecule has 1 amide bonds. The van der Waals surface area contributed by atoms with Crippen molar-refractivity contribution in [3.63, 3.8) is 0 Å². The number of hydrogen-bond donors (Lipinski definition) is 2. The lowest BCUT2D eigenvalue weighted by molar-refractivity contribution is -0.132. The number of pyridine rings is 1. The van der Waals surface area contributed by atoms with Crippen LogP contribution in [-0.2, 0) is 9.53 Å². The molecule has 1 fully saturated rings. The summed E-state index contributed by atoms with van der Waals surface area (Å²) in [5.74, 6) is 0.882. The first-order valence-electron chi connectivity index (χ1n) is 9.94. The molecule has 1 aliphatic rings. The number of carbonyl (C=O) groups excluding carboxylic acids is 1. The van der Waals surface area contributed by atoms with Crippen LogP contribution in [0.15, 0.2) is 33.8 Å². The molecule has 164 valence electrons. The van der Waals surface area contributed by atoms with Crippen molar-refractivity contribution in [2.75, 3.05) is 49.6 Å². The van der Waals surface area contributed by atoms with Gasteiger partial charge in [-0.1, -0.05) is 0 Å². The molecule has 0 bridgehead atoms. The van der Waals surface area contributed by atoms with Crippen LogP contribution in [0.4, 0.5) is 11.5 Å². The van der Waals surface area contributed by atoms with Gasteiger partial charge in [0.25, 0.3) is 5.56 Å². The van der Waals surface area contributed by atoms with Gasteiger partial charge in [0.1, 0.15) is 16.4 Å². The highest BCUT2D eigenvalue weighted by Gasteiger charge is 2.21. The Kier molecular flexibility index (Phi) is 7.97. The van der Waals surface area contributed by atoms with Gasteiger partial charge in [-0.15, -0.1) is 0 Å². The summed E-state index contributed by atoms with van der Waals surface area (Å²) in [6.45, 7) is 5.30. The van der Waals surface area contributed by atoms with Crippen LogP contribution >= 0.6 is 15.9 Å². The maximum absolute atomic E-state index is 12.5. The Morgan fingerprint density at radius 1 is 1.35 bits per heavy atom. The maximum atomic E-state index is 12.5. The molecule has 3 rings (SSSR count). The number of aromatic amines is 1. The number of halogens is 1. The second-order valence-electron chi connectivity index (χ2n) is 7.18. The van der Waals surface area contributed by atoms with E-state index in [-0.39, 0.29) is 17.5 Å². The van der Waals surface area contributed by atoms with Crippen LogP contribution in [-0.4, -0.2) is 71.4 Å². The molecule has 31 heavy (non-hydrogen) atoms. The highest BCUT2D eigenvalue weighted by atomic mass is 79.9. The summed E-state index contributed by atoms with van der Waals surface area (Å²) >= 11 is 3.22. The monoisotopic (exact) mass is 489 g/mol. The molecule has 1 atom stereocenters. The van der Waals surface area contributed by atoms with Crippen molar-refractivity contribution in [3.8, 4) is 6.07 Å². The quantitative estimate of drug-likeness (QED) is 0.531. The van der Waals surface area contributed by atoms with E-state index in [2.05, 4.69) is 47.4 Å². The number of hydrogen-bond acceptors (Lipinski definition) is 8. The molecular formula is C20H24BrN7O3. The number of piperazine rings is 1. The van der Waals surface area contributed by atoms with Gasteiger partial charge in [-0.05, 0) is 35.0 Å². The number of carbonyl (C=O) groups is 1. The molecule has 11 heteroatoms. The van der Waals surface area contributed by atoms with Crippen LogP contribution in [0.3, 0.4) is 0 Å². The number of nitriles is 1. The van der Waals surface area contributed by atoms with Gasteiger partial charge in [-0.25, -0.2) is 10.1 Å². The SMILES string of the molecule is C[C@@H](COCCC(=O)N1CCN(c2ccc(C#N)cn2)CC1)Nc1cn[nH]c(=O)c1Br. The normalized spacial score (nSPS) is 14.7. The Morgan fingerprint density at radius 2 is 2.13 bits per heavy atom. The van der Waals surface area contributed by atoms with Crippen molar-refractivity contribution in [2.45, 2.75) is 19.4 Å². The topological polar surface area (TPSA) is 127 Å². The van der Waals surface area contributed by atoms with Crippen LogP contribution < -0.4 is 15.8 Å². The number of rotatable bonds is 8. The average Bonchev–Trinajstić information content (AvgIpc) is 2.80. The summed E-state index contributed by atoms with van der Waals surface area (Å²) in [5.41, 5.74) is 0.813. The Bertz CT molecular complexity index is 982. The lowest BCUT2D eigenvalue weighted by Gasteiger charge is -2.35. The first-order valence-corrected chi connectivity index (χ1v) is 10.7. The van der Waals surface area contributed by atoms with Gasteiger partial charge >= 0.3 is 0 Å². The van der Waals surface area contributed by atoms with Crippen molar-refractivity contribution in [1.29, 1.82) is 5.26 Å². The number of nitrogens with zero attached hydrogens (tertiary/aromatic N) is 5. The van der Waals surface area contributed by atoms with E-state index in [1.54, 1.807) is 12.3 Å². The summed E-state index contributed by atoms with van der Waals surface area (Å²) in [4.78, 5) is 32.2. The molecule has 0 radical (unpaired) electrons. The van der Waals surface area contributed by atoms with Crippen molar-refractivity contribution in [2.24, 2.45) is 0 Å². The summed E-state index contributed by atoms with van der Waals surface area (Å²) in [6.07, 6.45) is 3.40. The molecule has 1 saturated heterocycles. The first-order chi connectivity index (χ1) is 15.0. The van der Waals surface area contributed by atoms with E-state index in [1.807, 2.05) is 17.9 Å².